The quantitative estimate of drug-likeness (QED) is 0.791. The van der Waals surface area contributed by atoms with E-state index in [0.29, 0.717) is 19.0 Å². The molecule has 0 spiro atoms. The second-order valence-corrected chi connectivity index (χ2v) is 7.31. The Morgan fingerprint density at radius 3 is 2.48 bits per heavy atom. The van der Waals surface area contributed by atoms with E-state index in [9.17, 15) is 18.0 Å². The summed E-state index contributed by atoms with van der Waals surface area (Å²) in [6, 6.07) is 9.14. The van der Waals surface area contributed by atoms with E-state index in [2.05, 4.69) is 15.2 Å². The maximum atomic E-state index is 13.1. The maximum Gasteiger partial charge on any atom is 0.418 e. The van der Waals surface area contributed by atoms with Gasteiger partial charge in [-0.05, 0) is 43.0 Å². The Balaban J connectivity index is 1.47. The van der Waals surface area contributed by atoms with E-state index in [1.165, 1.54) is 18.2 Å². The van der Waals surface area contributed by atoms with Crippen molar-refractivity contribution in [1.29, 1.82) is 0 Å². The summed E-state index contributed by atoms with van der Waals surface area (Å²) < 4.78 is 39.2. The number of piperidine rings is 1. The number of pyridine rings is 1. The number of carbonyl (C=O) groups is 1. The van der Waals surface area contributed by atoms with Crippen LogP contribution in [0.25, 0.3) is 0 Å². The number of hydrogen-bond donors (Lipinski definition) is 1. The van der Waals surface area contributed by atoms with Crippen LogP contribution < -0.4 is 10.2 Å². The standard InChI is InChI=1S/C21H25F3N4O/c1-27(17-6-10-25-11-7-17)15-16-8-12-28(13-9-16)20(29)14-26-19-5-3-2-4-18(19)21(22,23)24/h2-7,10-11,16,26H,8-9,12-15H2,1H3. The molecule has 0 saturated carbocycles. The van der Waals surface area contributed by atoms with E-state index in [-0.39, 0.29) is 18.1 Å². The molecule has 1 fully saturated rings. The third-order valence-electron chi connectivity index (χ3n) is 5.27. The van der Waals surface area contributed by atoms with Crippen molar-refractivity contribution >= 4 is 17.3 Å². The van der Waals surface area contributed by atoms with Crippen LogP contribution in [0.15, 0.2) is 48.8 Å². The van der Waals surface area contributed by atoms with Gasteiger partial charge in [-0.2, -0.15) is 13.2 Å². The molecular formula is C21H25F3N4O. The number of nitrogens with zero attached hydrogens (tertiary/aromatic N) is 3. The van der Waals surface area contributed by atoms with Crippen molar-refractivity contribution in [1.82, 2.24) is 9.88 Å². The van der Waals surface area contributed by atoms with Crippen molar-refractivity contribution < 1.29 is 18.0 Å². The summed E-state index contributed by atoms with van der Waals surface area (Å²) in [5.74, 6) is 0.291. The topological polar surface area (TPSA) is 48.5 Å². The monoisotopic (exact) mass is 406 g/mol. The van der Waals surface area contributed by atoms with Crippen molar-refractivity contribution in [3.63, 3.8) is 0 Å². The van der Waals surface area contributed by atoms with Crippen LogP contribution in [0.3, 0.4) is 0 Å². The van der Waals surface area contributed by atoms with Gasteiger partial charge in [-0.3, -0.25) is 9.78 Å². The Bertz CT molecular complexity index is 805. The average Bonchev–Trinajstić information content (AvgIpc) is 2.72. The van der Waals surface area contributed by atoms with Gasteiger partial charge >= 0.3 is 6.18 Å². The molecule has 2 aromatic rings. The number of aromatic nitrogens is 1. The molecule has 3 rings (SSSR count). The first-order valence-electron chi connectivity index (χ1n) is 9.63. The van der Waals surface area contributed by atoms with Crippen LogP contribution in [-0.4, -0.2) is 49.0 Å². The predicted octanol–water partition coefficient (Wildman–Crippen LogP) is 3.89. The molecule has 1 amide bonds. The molecule has 29 heavy (non-hydrogen) atoms. The second kappa shape index (κ2) is 9.15. The van der Waals surface area contributed by atoms with E-state index < -0.39 is 11.7 Å². The first kappa shape index (κ1) is 21.0. The highest BCUT2D eigenvalue weighted by molar-refractivity contribution is 5.81. The summed E-state index contributed by atoms with van der Waals surface area (Å²) in [4.78, 5) is 20.4. The third kappa shape index (κ3) is 5.62. The molecule has 8 heteroatoms. The zero-order valence-electron chi connectivity index (χ0n) is 16.3. The second-order valence-electron chi connectivity index (χ2n) is 7.31. The smallest absolute Gasteiger partial charge is 0.376 e. The molecule has 0 radical (unpaired) electrons. The molecule has 1 saturated heterocycles. The van der Waals surface area contributed by atoms with Crippen LogP contribution in [0.1, 0.15) is 18.4 Å². The highest BCUT2D eigenvalue weighted by Gasteiger charge is 2.33. The molecule has 0 unspecified atom stereocenters. The molecule has 1 aliphatic heterocycles. The van der Waals surface area contributed by atoms with Crippen molar-refractivity contribution in [3.05, 3.63) is 54.4 Å². The Labute approximate surface area is 168 Å². The van der Waals surface area contributed by atoms with Gasteiger partial charge in [0.05, 0.1) is 12.1 Å². The molecule has 0 aliphatic carbocycles. The molecule has 1 aromatic carbocycles. The fourth-order valence-corrected chi connectivity index (χ4v) is 3.62. The normalized spacial score (nSPS) is 15.2. The van der Waals surface area contributed by atoms with E-state index in [4.69, 9.17) is 0 Å². The lowest BCUT2D eigenvalue weighted by atomic mass is 9.96. The van der Waals surface area contributed by atoms with Gasteiger partial charge in [-0.25, -0.2) is 0 Å². The van der Waals surface area contributed by atoms with Gasteiger partial charge in [-0.1, -0.05) is 12.1 Å². The van der Waals surface area contributed by atoms with E-state index in [0.717, 1.165) is 31.1 Å². The van der Waals surface area contributed by atoms with Gasteiger partial charge in [0, 0.05) is 50.5 Å². The average molecular weight is 406 g/mol. The van der Waals surface area contributed by atoms with Crippen LogP contribution in [0, 0.1) is 5.92 Å². The largest absolute Gasteiger partial charge is 0.418 e. The highest BCUT2D eigenvalue weighted by atomic mass is 19.4. The van der Waals surface area contributed by atoms with Crippen LogP contribution >= 0.6 is 0 Å². The number of halogens is 3. The summed E-state index contributed by atoms with van der Waals surface area (Å²) in [5.41, 5.74) is 0.277. The Morgan fingerprint density at radius 2 is 1.83 bits per heavy atom. The van der Waals surface area contributed by atoms with E-state index in [1.807, 2.05) is 19.2 Å². The van der Waals surface area contributed by atoms with E-state index >= 15 is 0 Å². The summed E-state index contributed by atoms with van der Waals surface area (Å²) in [6.07, 6.45) is 0.820. The number of nitrogens with one attached hydrogen (secondary N) is 1. The maximum absolute atomic E-state index is 13.1. The number of hydrogen-bond acceptors (Lipinski definition) is 4. The molecule has 1 N–H and O–H groups in total. The van der Waals surface area contributed by atoms with Crippen molar-refractivity contribution in [2.45, 2.75) is 19.0 Å². The lowest BCUT2D eigenvalue weighted by Gasteiger charge is -2.34. The van der Waals surface area contributed by atoms with Gasteiger partial charge in [0.1, 0.15) is 0 Å². The Kier molecular flexibility index (Phi) is 6.61. The van der Waals surface area contributed by atoms with Gasteiger partial charge in [-0.15, -0.1) is 0 Å². The number of para-hydroxylation sites is 1. The van der Waals surface area contributed by atoms with Crippen molar-refractivity contribution in [2.24, 2.45) is 5.92 Å². The number of alkyl halides is 3. The fourth-order valence-electron chi connectivity index (χ4n) is 3.62. The van der Waals surface area contributed by atoms with Crippen LogP contribution in [0.2, 0.25) is 0 Å². The first-order valence-corrected chi connectivity index (χ1v) is 9.63. The molecule has 0 atom stereocenters. The lowest BCUT2D eigenvalue weighted by molar-refractivity contribution is -0.137. The van der Waals surface area contributed by atoms with Crippen molar-refractivity contribution in [2.75, 3.05) is 43.4 Å². The number of rotatable bonds is 6. The summed E-state index contributed by atoms with van der Waals surface area (Å²) in [6.45, 7) is 1.99. The minimum atomic E-state index is -4.45. The molecule has 1 aromatic heterocycles. The number of benzene rings is 1. The number of anilines is 2. The molecule has 156 valence electrons. The summed E-state index contributed by atoms with van der Waals surface area (Å²) >= 11 is 0. The number of carbonyl (C=O) groups excluding carboxylic acids is 1. The van der Waals surface area contributed by atoms with Gasteiger partial charge in [0.2, 0.25) is 5.91 Å². The summed E-state index contributed by atoms with van der Waals surface area (Å²) in [5, 5.41) is 2.66. The predicted molar refractivity (Wildman–Crippen MR) is 107 cm³/mol. The fraction of sp³-hybridized carbons (Fsp3) is 0.429. The lowest BCUT2D eigenvalue weighted by Crippen LogP contribution is -2.43. The van der Waals surface area contributed by atoms with Crippen molar-refractivity contribution in [3.8, 4) is 0 Å². The van der Waals surface area contributed by atoms with Crippen LogP contribution in [-0.2, 0) is 11.0 Å². The van der Waals surface area contributed by atoms with Crippen LogP contribution in [0.4, 0.5) is 24.5 Å². The van der Waals surface area contributed by atoms with Gasteiger partial charge in [0.25, 0.3) is 0 Å². The minimum Gasteiger partial charge on any atom is -0.376 e. The molecular weight excluding hydrogens is 381 g/mol. The highest BCUT2D eigenvalue weighted by Crippen LogP contribution is 2.34. The zero-order valence-corrected chi connectivity index (χ0v) is 16.3. The van der Waals surface area contributed by atoms with Gasteiger partial charge in [0.15, 0.2) is 0 Å². The Hall–Kier alpha value is -2.77. The summed E-state index contributed by atoms with van der Waals surface area (Å²) in [7, 11) is 2.04. The van der Waals surface area contributed by atoms with Gasteiger partial charge < -0.3 is 15.1 Å². The third-order valence-corrected chi connectivity index (χ3v) is 5.27. The van der Waals surface area contributed by atoms with E-state index in [1.54, 1.807) is 17.3 Å². The first-order chi connectivity index (χ1) is 13.8. The zero-order chi connectivity index (χ0) is 20.9. The molecule has 0 bridgehead atoms. The molecule has 1 aliphatic rings. The SMILES string of the molecule is CN(CC1CCN(C(=O)CNc2ccccc2C(F)(F)F)CC1)c1ccncc1. The number of likely N-dealkylation sites (tertiary alicyclic amines) is 1. The van der Waals surface area contributed by atoms with Crippen LogP contribution in [0.5, 0.6) is 0 Å². The number of amides is 1. The molecule has 5 nitrogen and oxygen atoms in total. The Morgan fingerprint density at radius 1 is 1.17 bits per heavy atom. The molecule has 2 heterocycles. The minimum absolute atomic E-state index is 0.0674.